The SMILES string of the molecule is COc1ccc(NC(=O)c2ccc(COC(=O)C(O)(c3ccccc3)c3ccccc3)cc2)cc1. The molecule has 0 unspecified atom stereocenters. The van der Waals surface area contributed by atoms with Gasteiger partial charge in [0.25, 0.3) is 5.91 Å². The number of carbonyl (C=O) groups is 2. The fourth-order valence-electron chi connectivity index (χ4n) is 3.64. The van der Waals surface area contributed by atoms with Gasteiger partial charge >= 0.3 is 5.97 Å². The van der Waals surface area contributed by atoms with Gasteiger partial charge in [-0.05, 0) is 53.1 Å². The Bertz CT molecular complexity index is 1230. The molecular weight excluding hydrogens is 442 g/mol. The van der Waals surface area contributed by atoms with E-state index in [1.165, 1.54) is 0 Å². The van der Waals surface area contributed by atoms with Gasteiger partial charge in [-0.1, -0.05) is 72.8 Å². The second-order valence-electron chi connectivity index (χ2n) is 7.90. The molecule has 0 atom stereocenters. The molecule has 0 aliphatic rings. The molecule has 6 heteroatoms. The van der Waals surface area contributed by atoms with E-state index >= 15 is 0 Å². The minimum atomic E-state index is -1.94. The lowest BCUT2D eigenvalue weighted by Gasteiger charge is -2.27. The van der Waals surface area contributed by atoms with E-state index in [0.717, 1.165) is 0 Å². The van der Waals surface area contributed by atoms with Crippen LogP contribution in [0.5, 0.6) is 5.75 Å². The Labute approximate surface area is 203 Å². The maximum absolute atomic E-state index is 13.1. The van der Waals surface area contributed by atoms with Crippen LogP contribution in [0.15, 0.2) is 109 Å². The topological polar surface area (TPSA) is 84.9 Å². The second kappa shape index (κ2) is 10.7. The van der Waals surface area contributed by atoms with Crippen LogP contribution < -0.4 is 10.1 Å². The van der Waals surface area contributed by atoms with Crippen molar-refractivity contribution in [3.63, 3.8) is 0 Å². The summed E-state index contributed by atoms with van der Waals surface area (Å²) in [6.45, 7) is -0.0544. The van der Waals surface area contributed by atoms with Crippen LogP contribution in [0.1, 0.15) is 27.0 Å². The van der Waals surface area contributed by atoms with Gasteiger partial charge in [-0.3, -0.25) is 4.79 Å². The molecule has 176 valence electrons. The van der Waals surface area contributed by atoms with Crippen molar-refractivity contribution in [2.45, 2.75) is 12.2 Å². The van der Waals surface area contributed by atoms with Gasteiger partial charge in [0.05, 0.1) is 7.11 Å². The first-order valence-corrected chi connectivity index (χ1v) is 11.1. The Hall–Kier alpha value is -4.42. The number of hydrogen-bond acceptors (Lipinski definition) is 5. The van der Waals surface area contributed by atoms with Gasteiger partial charge in [0.1, 0.15) is 12.4 Å². The standard InChI is InChI=1S/C29H25NO5/c1-34-26-18-16-25(17-19-26)30-27(31)22-14-12-21(13-15-22)20-35-28(32)29(33,23-8-4-2-5-9-23)24-10-6-3-7-11-24/h2-19,33H,20H2,1H3,(H,30,31). The zero-order valence-corrected chi connectivity index (χ0v) is 19.2. The number of rotatable bonds is 8. The minimum Gasteiger partial charge on any atom is -0.497 e. The normalized spacial score (nSPS) is 10.9. The molecule has 2 N–H and O–H groups in total. The predicted molar refractivity (Wildman–Crippen MR) is 133 cm³/mol. The molecule has 0 aliphatic heterocycles. The number of carbonyl (C=O) groups excluding carboxylic acids is 2. The summed E-state index contributed by atoms with van der Waals surface area (Å²) >= 11 is 0. The summed E-state index contributed by atoms with van der Waals surface area (Å²) in [6.07, 6.45) is 0. The van der Waals surface area contributed by atoms with Crippen molar-refractivity contribution in [1.82, 2.24) is 0 Å². The molecule has 0 spiro atoms. The third-order valence-electron chi connectivity index (χ3n) is 5.61. The third-order valence-corrected chi connectivity index (χ3v) is 5.61. The maximum Gasteiger partial charge on any atom is 0.348 e. The number of methoxy groups -OCH3 is 1. The summed E-state index contributed by atoms with van der Waals surface area (Å²) in [4.78, 5) is 25.6. The van der Waals surface area contributed by atoms with Gasteiger partial charge in [-0.2, -0.15) is 0 Å². The molecule has 4 aromatic rings. The molecule has 4 rings (SSSR count). The average molecular weight is 468 g/mol. The quantitative estimate of drug-likeness (QED) is 0.359. The summed E-state index contributed by atoms with van der Waals surface area (Å²) in [5.41, 5.74) is 0.683. The molecule has 35 heavy (non-hydrogen) atoms. The zero-order valence-electron chi connectivity index (χ0n) is 19.2. The minimum absolute atomic E-state index is 0.0544. The highest BCUT2D eigenvalue weighted by Crippen LogP contribution is 2.31. The maximum atomic E-state index is 13.1. The van der Waals surface area contributed by atoms with E-state index in [9.17, 15) is 14.7 Å². The number of benzene rings is 4. The third kappa shape index (κ3) is 5.39. The highest BCUT2D eigenvalue weighted by molar-refractivity contribution is 6.04. The smallest absolute Gasteiger partial charge is 0.348 e. The van der Waals surface area contributed by atoms with E-state index in [0.29, 0.717) is 33.7 Å². The fraction of sp³-hybridized carbons (Fsp3) is 0.103. The molecule has 0 heterocycles. The Morgan fingerprint density at radius 3 is 1.83 bits per heavy atom. The predicted octanol–water partition coefficient (Wildman–Crippen LogP) is 4.93. The van der Waals surface area contributed by atoms with Crippen LogP contribution in [0.2, 0.25) is 0 Å². The van der Waals surface area contributed by atoms with E-state index in [-0.39, 0.29) is 12.5 Å². The Balaban J connectivity index is 1.43. The molecule has 0 aromatic heterocycles. The van der Waals surface area contributed by atoms with Gasteiger partial charge in [-0.15, -0.1) is 0 Å². The highest BCUT2D eigenvalue weighted by Gasteiger charge is 2.41. The molecule has 0 aliphatic carbocycles. The number of nitrogens with one attached hydrogen (secondary N) is 1. The fourth-order valence-corrected chi connectivity index (χ4v) is 3.64. The molecule has 0 radical (unpaired) electrons. The Kier molecular flexibility index (Phi) is 7.24. The van der Waals surface area contributed by atoms with Crippen molar-refractivity contribution < 1.29 is 24.2 Å². The van der Waals surface area contributed by atoms with Crippen molar-refractivity contribution in [3.05, 3.63) is 131 Å². The summed E-state index contributed by atoms with van der Waals surface area (Å²) in [7, 11) is 1.58. The van der Waals surface area contributed by atoms with Crippen LogP contribution in [0.3, 0.4) is 0 Å². The highest BCUT2D eigenvalue weighted by atomic mass is 16.5. The van der Waals surface area contributed by atoms with Crippen LogP contribution in [0.4, 0.5) is 5.69 Å². The van der Waals surface area contributed by atoms with Crippen LogP contribution in [-0.2, 0) is 21.7 Å². The first-order valence-electron chi connectivity index (χ1n) is 11.1. The van der Waals surface area contributed by atoms with Crippen LogP contribution in [0, 0.1) is 0 Å². The Morgan fingerprint density at radius 1 is 0.771 bits per heavy atom. The number of esters is 1. The lowest BCUT2D eigenvalue weighted by atomic mass is 9.86. The van der Waals surface area contributed by atoms with Crippen LogP contribution in [0.25, 0.3) is 0 Å². The number of ether oxygens (including phenoxy) is 2. The molecule has 6 nitrogen and oxygen atoms in total. The largest absolute Gasteiger partial charge is 0.497 e. The first kappa shape index (κ1) is 23.7. The molecule has 1 amide bonds. The van der Waals surface area contributed by atoms with Crippen LogP contribution in [-0.4, -0.2) is 24.1 Å². The van der Waals surface area contributed by atoms with Crippen molar-refractivity contribution in [2.24, 2.45) is 0 Å². The van der Waals surface area contributed by atoms with E-state index in [1.54, 1.807) is 104 Å². The average Bonchev–Trinajstić information content (AvgIpc) is 2.93. The van der Waals surface area contributed by atoms with Gasteiger partial charge in [-0.25, -0.2) is 4.79 Å². The van der Waals surface area contributed by atoms with Crippen molar-refractivity contribution in [3.8, 4) is 5.75 Å². The monoisotopic (exact) mass is 467 g/mol. The van der Waals surface area contributed by atoms with Crippen LogP contribution >= 0.6 is 0 Å². The summed E-state index contributed by atoms with van der Waals surface area (Å²) in [5.74, 6) is -0.342. The molecule has 0 saturated carbocycles. The van der Waals surface area contributed by atoms with Crippen molar-refractivity contribution >= 4 is 17.6 Å². The second-order valence-corrected chi connectivity index (χ2v) is 7.90. The number of hydrogen-bond donors (Lipinski definition) is 2. The summed E-state index contributed by atoms with van der Waals surface area (Å²) in [6, 6.07) is 31.2. The molecular formula is C29H25NO5. The Morgan fingerprint density at radius 2 is 1.31 bits per heavy atom. The van der Waals surface area contributed by atoms with Crippen molar-refractivity contribution in [2.75, 3.05) is 12.4 Å². The molecule has 4 aromatic carbocycles. The molecule has 0 fully saturated rings. The van der Waals surface area contributed by atoms with E-state index in [4.69, 9.17) is 9.47 Å². The van der Waals surface area contributed by atoms with E-state index < -0.39 is 11.6 Å². The van der Waals surface area contributed by atoms with Gasteiger partial charge in [0.15, 0.2) is 0 Å². The van der Waals surface area contributed by atoms with Gasteiger partial charge in [0, 0.05) is 11.3 Å². The van der Waals surface area contributed by atoms with E-state index in [2.05, 4.69) is 5.32 Å². The summed E-state index contributed by atoms with van der Waals surface area (Å²) < 4.78 is 10.6. The lowest BCUT2D eigenvalue weighted by Crippen LogP contribution is -2.38. The van der Waals surface area contributed by atoms with Gasteiger partial charge < -0.3 is 19.9 Å². The number of anilines is 1. The van der Waals surface area contributed by atoms with Crippen molar-refractivity contribution in [1.29, 1.82) is 0 Å². The lowest BCUT2D eigenvalue weighted by molar-refractivity contribution is -0.163. The molecule has 0 saturated heterocycles. The first-order chi connectivity index (χ1) is 17.0. The van der Waals surface area contributed by atoms with E-state index in [1.807, 2.05) is 12.1 Å². The summed E-state index contributed by atoms with van der Waals surface area (Å²) in [5, 5.41) is 14.3. The van der Waals surface area contributed by atoms with Gasteiger partial charge in [0.2, 0.25) is 5.60 Å². The zero-order chi connectivity index (χ0) is 24.7. The molecule has 0 bridgehead atoms. The number of amides is 1. The number of aliphatic hydroxyl groups is 1.